The van der Waals surface area contributed by atoms with E-state index in [2.05, 4.69) is 87.0 Å². The first-order valence-corrected chi connectivity index (χ1v) is 11.2. The Kier molecular flexibility index (Phi) is 3.98. The smallest absolute Gasteiger partial charge is 0.139 e. The molecule has 1 unspecified atom stereocenters. The van der Waals surface area contributed by atoms with Crippen LogP contribution in [0.3, 0.4) is 0 Å². The maximum Gasteiger partial charge on any atom is 0.139 e. The number of benzene rings is 3. The van der Waals surface area contributed by atoms with Gasteiger partial charge in [0.25, 0.3) is 0 Å². The maximum atomic E-state index is 4.86. The average Bonchev–Trinajstić information content (AvgIpc) is 3.57. The largest absolute Gasteiger partial charge is 0.361 e. The van der Waals surface area contributed by atoms with Gasteiger partial charge in [-0.05, 0) is 51.4 Å². The van der Waals surface area contributed by atoms with E-state index in [4.69, 9.17) is 4.98 Å². The van der Waals surface area contributed by atoms with Gasteiger partial charge in [0, 0.05) is 30.0 Å². The lowest BCUT2D eigenvalue weighted by molar-refractivity contribution is 0.616. The fraction of sp³-hybridized carbons (Fsp3) is 0.0714. The van der Waals surface area contributed by atoms with Crippen LogP contribution in [0.25, 0.3) is 44.5 Å². The number of nitrogens with zero attached hydrogens (tertiary/aromatic N) is 2. The van der Waals surface area contributed by atoms with Gasteiger partial charge in [0.2, 0.25) is 0 Å². The first kappa shape index (κ1) is 18.4. The van der Waals surface area contributed by atoms with E-state index < -0.39 is 0 Å². The third kappa shape index (κ3) is 2.90. The molecule has 6 aromatic rings. The quantitative estimate of drug-likeness (QED) is 0.325. The highest BCUT2D eigenvalue weighted by Crippen LogP contribution is 2.47. The average molecular weight is 428 g/mol. The number of aromatic amines is 2. The molecular weight excluding hydrogens is 406 g/mol. The molecule has 3 heterocycles. The number of pyridine rings is 1. The van der Waals surface area contributed by atoms with Crippen molar-refractivity contribution in [2.24, 2.45) is 0 Å². The second-order valence-corrected chi connectivity index (χ2v) is 8.55. The fourth-order valence-electron chi connectivity index (χ4n) is 5.08. The molecule has 3 N–H and O–H groups in total. The lowest BCUT2D eigenvalue weighted by Crippen LogP contribution is -2.20. The fourth-order valence-corrected chi connectivity index (χ4v) is 5.08. The molecule has 0 radical (unpaired) electrons. The Balaban J connectivity index is 1.31. The number of nitrogens with one attached hydrogen (secondary N) is 3. The molecule has 0 saturated carbocycles. The van der Waals surface area contributed by atoms with Gasteiger partial charge in [0.1, 0.15) is 5.82 Å². The Labute approximate surface area is 190 Å². The molecule has 1 atom stereocenters. The van der Waals surface area contributed by atoms with Crippen LogP contribution in [0.15, 0.2) is 91.4 Å². The Morgan fingerprint density at radius 2 is 1.76 bits per heavy atom. The lowest BCUT2D eigenvalue weighted by Gasteiger charge is -2.16. The van der Waals surface area contributed by atoms with E-state index >= 15 is 0 Å². The summed E-state index contributed by atoms with van der Waals surface area (Å²) in [5, 5.41) is 5.05. The number of rotatable bonds is 4. The summed E-state index contributed by atoms with van der Waals surface area (Å²) < 4.78 is 0. The zero-order chi connectivity index (χ0) is 21.8. The summed E-state index contributed by atoms with van der Waals surface area (Å²) in [6, 6.07) is 26.0. The molecule has 0 amide bonds. The molecule has 0 saturated heterocycles. The van der Waals surface area contributed by atoms with E-state index in [0.29, 0.717) is 0 Å². The first-order valence-electron chi connectivity index (χ1n) is 11.2. The third-order valence-corrected chi connectivity index (χ3v) is 6.62. The second kappa shape index (κ2) is 7.15. The van der Waals surface area contributed by atoms with Crippen LogP contribution in [0.2, 0.25) is 0 Å². The van der Waals surface area contributed by atoms with Crippen LogP contribution in [-0.2, 0) is 6.54 Å². The van der Waals surface area contributed by atoms with E-state index in [-0.39, 0.29) is 6.04 Å². The molecule has 158 valence electrons. The molecule has 0 fully saturated rings. The topological polar surface area (TPSA) is 69.4 Å². The molecule has 0 spiro atoms. The zero-order valence-corrected chi connectivity index (χ0v) is 17.8. The third-order valence-electron chi connectivity index (χ3n) is 6.62. The second-order valence-electron chi connectivity index (χ2n) is 8.55. The summed E-state index contributed by atoms with van der Waals surface area (Å²) in [6.07, 6.45) is 5.59. The molecule has 1 aliphatic rings. The van der Waals surface area contributed by atoms with Gasteiger partial charge in [-0.1, -0.05) is 54.6 Å². The molecule has 0 aliphatic heterocycles. The van der Waals surface area contributed by atoms with Crippen molar-refractivity contribution in [1.29, 1.82) is 0 Å². The summed E-state index contributed by atoms with van der Waals surface area (Å²) in [6.45, 7) is 0.786. The van der Waals surface area contributed by atoms with Crippen LogP contribution in [-0.4, -0.2) is 19.9 Å². The Morgan fingerprint density at radius 1 is 0.848 bits per heavy atom. The maximum absolute atomic E-state index is 4.86. The van der Waals surface area contributed by atoms with Crippen LogP contribution in [0.5, 0.6) is 0 Å². The minimum atomic E-state index is 0.126. The minimum Gasteiger partial charge on any atom is -0.361 e. The summed E-state index contributed by atoms with van der Waals surface area (Å²) in [5.74, 6) is 0.877. The van der Waals surface area contributed by atoms with Crippen molar-refractivity contribution in [2.75, 3.05) is 0 Å². The predicted octanol–water partition coefficient (Wildman–Crippen LogP) is 5.97. The standard InChI is InChI=1S/C28H21N5/c1-2-5-20-19(4-1)26-21(27(20)31-15-17-8-9-18-10-13-30-24(18)14-17)6-3-7-22(26)28-32-23-11-12-29-16-25(23)33-28/h1-14,16,27,30-31H,15H2,(H,32,33). The van der Waals surface area contributed by atoms with Crippen molar-refractivity contribution in [3.63, 3.8) is 0 Å². The van der Waals surface area contributed by atoms with E-state index in [0.717, 1.165) is 29.0 Å². The number of hydrogen-bond donors (Lipinski definition) is 3. The summed E-state index contributed by atoms with van der Waals surface area (Å²) in [5.41, 5.74) is 10.5. The number of imidazole rings is 1. The Morgan fingerprint density at radius 3 is 2.73 bits per heavy atom. The molecular formula is C28H21N5. The van der Waals surface area contributed by atoms with Gasteiger partial charge in [-0.2, -0.15) is 0 Å². The van der Waals surface area contributed by atoms with Gasteiger partial charge in [0.05, 0.1) is 23.3 Å². The van der Waals surface area contributed by atoms with Crippen molar-refractivity contribution in [3.05, 3.63) is 108 Å². The number of hydrogen-bond acceptors (Lipinski definition) is 3. The van der Waals surface area contributed by atoms with Gasteiger partial charge >= 0.3 is 0 Å². The molecule has 5 heteroatoms. The van der Waals surface area contributed by atoms with Crippen LogP contribution in [0, 0.1) is 0 Å². The van der Waals surface area contributed by atoms with Crippen LogP contribution in [0.1, 0.15) is 22.7 Å². The van der Waals surface area contributed by atoms with Crippen LogP contribution in [0.4, 0.5) is 0 Å². The summed E-state index contributed by atoms with van der Waals surface area (Å²) in [7, 11) is 0. The zero-order valence-electron chi connectivity index (χ0n) is 17.8. The van der Waals surface area contributed by atoms with Crippen molar-refractivity contribution in [1.82, 2.24) is 25.3 Å². The van der Waals surface area contributed by atoms with Gasteiger partial charge in [-0.15, -0.1) is 0 Å². The van der Waals surface area contributed by atoms with Gasteiger partial charge in [0.15, 0.2) is 0 Å². The SMILES string of the molecule is c1ccc2c(c1)-c1c(-c3nc4ccncc4[nH]3)cccc1C2NCc1ccc2cc[nH]c2c1. The van der Waals surface area contributed by atoms with E-state index in [9.17, 15) is 0 Å². The number of aromatic nitrogens is 4. The van der Waals surface area contributed by atoms with E-state index in [1.807, 2.05) is 18.5 Å². The van der Waals surface area contributed by atoms with Crippen molar-refractivity contribution >= 4 is 21.9 Å². The Hall–Kier alpha value is -4.22. The minimum absolute atomic E-state index is 0.126. The van der Waals surface area contributed by atoms with Crippen molar-refractivity contribution in [3.8, 4) is 22.5 Å². The van der Waals surface area contributed by atoms with Gasteiger partial charge in [-0.3, -0.25) is 4.98 Å². The normalized spacial score (nSPS) is 14.6. The highest BCUT2D eigenvalue weighted by Gasteiger charge is 2.30. The highest BCUT2D eigenvalue weighted by atomic mass is 14.9. The van der Waals surface area contributed by atoms with Crippen molar-refractivity contribution < 1.29 is 0 Å². The molecule has 3 aromatic carbocycles. The first-order chi connectivity index (χ1) is 16.3. The number of fused-ring (bicyclic) bond motifs is 5. The van der Waals surface area contributed by atoms with E-state index in [1.165, 1.54) is 38.7 Å². The number of H-pyrrole nitrogens is 2. The molecule has 7 rings (SSSR count). The summed E-state index contributed by atoms with van der Waals surface area (Å²) in [4.78, 5) is 15.9. The predicted molar refractivity (Wildman–Crippen MR) is 132 cm³/mol. The molecule has 3 aromatic heterocycles. The molecule has 33 heavy (non-hydrogen) atoms. The van der Waals surface area contributed by atoms with Crippen molar-refractivity contribution in [2.45, 2.75) is 12.6 Å². The summed E-state index contributed by atoms with van der Waals surface area (Å²) >= 11 is 0. The monoisotopic (exact) mass is 427 g/mol. The molecule has 5 nitrogen and oxygen atoms in total. The molecule has 0 bridgehead atoms. The van der Waals surface area contributed by atoms with E-state index in [1.54, 1.807) is 6.20 Å². The van der Waals surface area contributed by atoms with Gasteiger partial charge in [-0.25, -0.2) is 4.98 Å². The van der Waals surface area contributed by atoms with Gasteiger partial charge < -0.3 is 15.3 Å². The lowest BCUT2D eigenvalue weighted by atomic mass is 9.98. The van der Waals surface area contributed by atoms with Crippen LogP contribution < -0.4 is 5.32 Å². The van der Waals surface area contributed by atoms with Crippen LogP contribution >= 0.6 is 0 Å². The highest BCUT2D eigenvalue weighted by molar-refractivity contribution is 5.91. The Bertz CT molecular complexity index is 1610. The molecule has 1 aliphatic carbocycles.